The van der Waals surface area contributed by atoms with Crippen molar-refractivity contribution in [3.8, 4) is 0 Å². The number of nitrogens with zero attached hydrogens (tertiary/aromatic N) is 1. The third kappa shape index (κ3) is 10.3. The minimum atomic E-state index is 0.183. The fourth-order valence-corrected chi connectivity index (χ4v) is 1.96. The molecule has 2 nitrogen and oxygen atoms in total. The molecule has 0 saturated carbocycles. The Kier molecular flexibility index (Phi) is 10.0. The zero-order chi connectivity index (χ0) is 15.6. The smallest absolute Gasteiger partial charge is 0.0143 e. The molecule has 0 aliphatic carbocycles. The maximum Gasteiger partial charge on any atom is 0.0143 e. The Labute approximate surface area is 128 Å². The van der Waals surface area contributed by atoms with E-state index in [0.717, 1.165) is 12.2 Å². The molecule has 20 heavy (non-hydrogen) atoms. The summed E-state index contributed by atoms with van der Waals surface area (Å²) in [5.41, 5.74) is 1.34. The lowest BCUT2D eigenvalue weighted by Crippen LogP contribution is -2.27. The van der Waals surface area contributed by atoms with Crippen molar-refractivity contribution in [3.63, 3.8) is 0 Å². The molecule has 0 spiro atoms. The van der Waals surface area contributed by atoms with Crippen LogP contribution >= 0.6 is 0 Å². The van der Waals surface area contributed by atoms with E-state index in [-0.39, 0.29) is 5.41 Å². The van der Waals surface area contributed by atoms with Gasteiger partial charge in [0.25, 0.3) is 0 Å². The molecule has 0 radical (unpaired) electrons. The summed E-state index contributed by atoms with van der Waals surface area (Å²) in [4.78, 5) is 2.43. The highest BCUT2D eigenvalue weighted by Crippen LogP contribution is 2.20. The van der Waals surface area contributed by atoms with E-state index < -0.39 is 0 Å². The maximum absolute atomic E-state index is 4.10. The van der Waals surface area contributed by atoms with Gasteiger partial charge in [-0.05, 0) is 40.3 Å². The van der Waals surface area contributed by atoms with Crippen molar-refractivity contribution in [1.82, 2.24) is 10.2 Å². The van der Waals surface area contributed by atoms with Crippen LogP contribution in [0.15, 0.2) is 12.3 Å². The van der Waals surface area contributed by atoms with Crippen LogP contribution < -0.4 is 5.32 Å². The van der Waals surface area contributed by atoms with Crippen molar-refractivity contribution in [3.05, 3.63) is 12.3 Å². The van der Waals surface area contributed by atoms with E-state index in [1.165, 1.54) is 45.1 Å². The summed E-state index contributed by atoms with van der Waals surface area (Å²) in [6.45, 7) is 17.6. The van der Waals surface area contributed by atoms with Gasteiger partial charge in [0, 0.05) is 23.7 Å². The van der Waals surface area contributed by atoms with Gasteiger partial charge < -0.3 is 10.2 Å². The first-order chi connectivity index (χ1) is 9.25. The second-order valence-electron chi connectivity index (χ2n) is 7.35. The number of allylic oxidation sites excluding steroid dienone is 1. The van der Waals surface area contributed by atoms with Crippen LogP contribution in [0, 0.1) is 5.41 Å². The fraction of sp³-hybridized carbons (Fsp3) is 0.889. The van der Waals surface area contributed by atoms with Gasteiger partial charge in [-0.15, -0.1) is 0 Å². The normalized spacial score (nSPS) is 12.2. The molecule has 0 rings (SSSR count). The summed E-state index contributed by atoms with van der Waals surface area (Å²) in [7, 11) is 2.22. The number of unbranched alkanes of at least 4 members (excludes halogenated alkanes) is 5. The molecule has 1 N–H and O–H groups in total. The van der Waals surface area contributed by atoms with E-state index in [0.29, 0.717) is 6.04 Å². The molecule has 2 heteroatoms. The lowest BCUT2D eigenvalue weighted by molar-refractivity contribution is 0.267. The molecule has 0 aromatic carbocycles. The van der Waals surface area contributed by atoms with Crippen molar-refractivity contribution >= 4 is 0 Å². The molecule has 0 fully saturated rings. The van der Waals surface area contributed by atoms with E-state index in [9.17, 15) is 0 Å². The first-order valence-electron chi connectivity index (χ1n) is 8.38. The van der Waals surface area contributed by atoms with Crippen molar-refractivity contribution in [2.75, 3.05) is 20.1 Å². The van der Waals surface area contributed by atoms with Crippen molar-refractivity contribution < 1.29 is 0 Å². The van der Waals surface area contributed by atoms with Gasteiger partial charge in [-0.25, -0.2) is 0 Å². The van der Waals surface area contributed by atoms with Crippen LogP contribution in [0.25, 0.3) is 0 Å². The SMILES string of the molecule is C=C(NCCCCCCCCN(C)C(C)C)C(C)(C)C. The van der Waals surface area contributed by atoms with Crippen molar-refractivity contribution in [2.24, 2.45) is 5.41 Å². The summed E-state index contributed by atoms with van der Waals surface area (Å²) >= 11 is 0. The topological polar surface area (TPSA) is 15.3 Å². The molecule has 120 valence electrons. The largest absolute Gasteiger partial charge is 0.388 e. The Morgan fingerprint density at radius 2 is 1.50 bits per heavy atom. The number of hydrogen-bond acceptors (Lipinski definition) is 2. The van der Waals surface area contributed by atoms with E-state index in [1.54, 1.807) is 0 Å². The Morgan fingerprint density at radius 3 is 2.00 bits per heavy atom. The Morgan fingerprint density at radius 1 is 1.00 bits per heavy atom. The minimum absolute atomic E-state index is 0.183. The molecule has 0 saturated heterocycles. The molecule has 0 bridgehead atoms. The molecule has 0 aromatic heterocycles. The zero-order valence-corrected chi connectivity index (χ0v) is 14.9. The van der Waals surface area contributed by atoms with Gasteiger partial charge in [-0.3, -0.25) is 0 Å². The number of hydrogen-bond donors (Lipinski definition) is 1. The van der Waals surface area contributed by atoms with Crippen molar-refractivity contribution in [2.45, 2.75) is 79.2 Å². The van der Waals surface area contributed by atoms with Gasteiger partial charge in [-0.2, -0.15) is 0 Å². The first-order valence-corrected chi connectivity index (χ1v) is 8.38. The molecule has 0 heterocycles. The highest BCUT2D eigenvalue weighted by Gasteiger charge is 2.13. The van der Waals surface area contributed by atoms with Crippen LogP contribution in [0.5, 0.6) is 0 Å². The van der Waals surface area contributed by atoms with Crippen molar-refractivity contribution in [1.29, 1.82) is 0 Å². The molecular weight excluding hydrogens is 244 g/mol. The third-order valence-electron chi connectivity index (χ3n) is 4.06. The zero-order valence-electron chi connectivity index (χ0n) is 14.9. The molecule has 0 unspecified atom stereocenters. The van der Waals surface area contributed by atoms with Gasteiger partial charge in [-0.1, -0.05) is 53.0 Å². The highest BCUT2D eigenvalue weighted by molar-refractivity contribution is 5.02. The fourth-order valence-electron chi connectivity index (χ4n) is 1.96. The van der Waals surface area contributed by atoms with Gasteiger partial charge >= 0.3 is 0 Å². The van der Waals surface area contributed by atoms with Crippen LogP contribution in [0.4, 0.5) is 0 Å². The van der Waals surface area contributed by atoms with Crippen LogP contribution in [0.2, 0.25) is 0 Å². The average molecular weight is 283 g/mol. The number of rotatable bonds is 11. The second-order valence-corrected chi connectivity index (χ2v) is 7.35. The summed E-state index contributed by atoms with van der Waals surface area (Å²) in [6, 6.07) is 0.678. The van der Waals surface area contributed by atoms with Gasteiger partial charge in [0.05, 0.1) is 0 Å². The summed E-state index contributed by atoms with van der Waals surface area (Å²) < 4.78 is 0. The maximum atomic E-state index is 4.10. The van der Waals surface area contributed by atoms with E-state index in [2.05, 4.69) is 58.5 Å². The van der Waals surface area contributed by atoms with Crippen LogP contribution in [-0.4, -0.2) is 31.1 Å². The first kappa shape index (κ1) is 19.5. The molecular formula is C18H38N2. The number of nitrogens with one attached hydrogen (secondary N) is 1. The summed E-state index contributed by atoms with van der Waals surface area (Å²) in [5, 5.41) is 3.45. The molecule has 0 aromatic rings. The van der Waals surface area contributed by atoms with E-state index in [1.807, 2.05) is 0 Å². The molecule has 0 amide bonds. The summed E-state index contributed by atoms with van der Waals surface area (Å²) in [6.07, 6.45) is 8.07. The Balaban J connectivity index is 3.32. The monoisotopic (exact) mass is 282 g/mol. The quantitative estimate of drug-likeness (QED) is 0.547. The minimum Gasteiger partial charge on any atom is -0.388 e. The van der Waals surface area contributed by atoms with Crippen LogP contribution in [-0.2, 0) is 0 Å². The molecule has 0 atom stereocenters. The van der Waals surface area contributed by atoms with Crippen LogP contribution in [0.3, 0.4) is 0 Å². The molecule has 0 aliphatic heterocycles. The van der Waals surface area contributed by atoms with Gasteiger partial charge in [0.1, 0.15) is 0 Å². The predicted octanol–water partition coefficient (Wildman–Crippen LogP) is 4.82. The van der Waals surface area contributed by atoms with Gasteiger partial charge in [0.2, 0.25) is 0 Å². The lowest BCUT2D eigenvalue weighted by Gasteiger charge is -2.23. The standard InChI is InChI=1S/C18H38N2/c1-16(2)20(7)15-13-11-9-8-10-12-14-19-17(3)18(4,5)6/h16,19H,3,8-15H2,1-2,4-7H3. The van der Waals surface area contributed by atoms with E-state index >= 15 is 0 Å². The summed E-state index contributed by atoms with van der Waals surface area (Å²) in [5.74, 6) is 0. The second kappa shape index (κ2) is 10.3. The third-order valence-corrected chi connectivity index (χ3v) is 4.06. The highest BCUT2D eigenvalue weighted by atomic mass is 15.1. The Bertz CT molecular complexity index is 251. The molecule has 0 aliphatic rings. The van der Waals surface area contributed by atoms with Crippen LogP contribution in [0.1, 0.15) is 73.1 Å². The average Bonchev–Trinajstić information content (AvgIpc) is 2.34. The lowest BCUT2D eigenvalue weighted by atomic mass is 9.93. The predicted molar refractivity (Wildman–Crippen MR) is 92.1 cm³/mol. The van der Waals surface area contributed by atoms with Gasteiger partial charge in [0.15, 0.2) is 0 Å². The Hall–Kier alpha value is -0.500. The van der Waals surface area contributed by atoms with E-state index in [4.69, 9.17) is 0 Å².